The molecule has 1 aromatic carbocycles. The number of sulfone groups is 1. The number of nitrogens with zero attached hydrogens (tertiary/aromatic N) is 4. The Morgan fingerprint density at radius 1 is 1.12 bits per heavy atom. The van der Waals surface area contributed by atoms with Crippen LogP contribution in [0.2, 0.25) is 0 Å². The molecule has 2 aromatic heterocycles. The van der Waals surface area contributed by atoms with Gasteiger partial charge in [0, 0.05) is 18.7 Å². The molecule has 0 saturated carbocycles. The van der Waals surface area contributed by atoms with Crippen molar-refractivity contribution in [1.82, 2.24) is 19.4 Å². The van der Waals surface area contributed by atoms with Gasteiger partial charge in [-0.15, -0.1) is 0 Å². The number of pyridine rings is 1. The smallest absolute Gasteiger partial charge is 0.274 e. The Labute approximate surface area is 199 Å². The van der Waals surface area contributed by atoms with Crippen molar-refractivity contribution in [2.45, 2.75) is 39.2 Å². The van der Waals surface area contributed by atoms with E-state index in [1.165, 1.54) is 0 Å². The molecule has 4 heterocycles. The van der Waals surface area contributed by atoms with Crippen LogP contribution in [0.25, 0.3) is 22.3 Å². The second kappa shape index (κ2) is 8.69. The molecule has 0 radical (unpaired) electrons. The lowest BCUT2D eigenvalue weighted by Gasteiger charge is -2.30. The Balaban J connectivity index is 1.68. The normalized spacial score (nSPS) is 20.7. The van der Waals surface area contributed by atoms with Crippen LogP contribution in [-0.2, 0) is 9.84 Å². The Bertz CT molecular complexity index is 1360. The minimum absolute atomic E-state index is 0.0867. The zero-order valence-corrected chi connectivity index (χ0v) is 20.6. The van der Waals surface area contributed by atoms with Gasteiger partial charge in [0.2, 0.25) is 0 Å². The number of fused-ring (bicyclic) bond motifs is 1. The summed E-state index contributed by atoms with van der Waals surface area (Å²) in [7, 11) is -1.47. The molecule has 5 rings (SSSR count). The molecule has 2 saturated heterocycles. The third-order valence-corrected chi connectivity index (χ3v) is 8.82. The third-order valence-electron chi connectivity index (χ3n) is 7.07. The van der Waals surface area contributed by atoms with Gasteiger partial charge in [-0.25, -0.2) is 18.4 Å². The number of amides is 1. The van der Waals surface area contributed by atoms with E-state index in [-0.39, 0.29) is 23.5 Å². The summed E-state index contributed by atoms with van der Waals surface area (Å²) in [5, 5.41) is 0. The van der Waals surface area contributed by atoms with Crippen molar-refractivity contribution in [3.8, 4) is 17.0 Å². The fourth-order valence-corrected chi connectivity index (χ4v) is 6.79. The van der Waals surface area contributed by atoms with Crippen LogP contribution in [0.15, 0.2) is 30.3 Å². The van der Waals surface area contributed by atoms with Crippen molar-refractivity contribution in [2.24, 2.45) is 5.92 Å². The highest BCUT2D eigenvalue weighted by Crippen LogP contribution is 2.33. The van der Waals surface area contributed by atoms with Crippen molar-refractivity contribution in [3.63, 3.8) is 0 Å². The van der Waals surface area contributed by atoms with Crippen LogP contribution in [0.1, 0.15) is 48.5 Å². The van der Waals surface area contributed by atoms with Gasteiger partial charge in [-0.3, -0.25) is 4.79 Å². The molecule has 34 heavy (non-hydrogen) atoms. The summed E-state index contributed by atoms with van der Waals surface area (Å²) < 4.78 is 31.8. The highest BCUT2D eigenvalue weighted by atomic mass is 32.2. The topological polar surface area (TPSA) is 94.4 Å². The number of likely N-dealkylation sites (tertiary alicyclic amines) is 1. The number of carbonyl (C=O) groups excluding carboxylic acids is 1. The lowest BCUT2D eigenvalue weighted by Crippen LogP contribution is -2.38. The summed E-state index contributed by atoms with van der Waals surface area (Å²) in [4.78, 5) is 25.1. The fraction of sp³-hybridized carbons (Fsp3) is 0.480. The summed E-state index contributed by atoms with van der Waals surface area (Å²) in [5.41, 5.74) is 3.08. The minimum Gasteiger partial charge on any atom is -0.497 e. The molecule has 1 unspecified atom stereocenters. The molecular formula is C25H30N4O4S. The fourth-order valence-electron chi connectivity index (χ4n) is 5.09. The quantitative estimate of drug-likeness (QED) is 0.563. The first-order valence-corrected chi connectivity index (χ1v) is 13.6. The maximum Gasteiger partial charge on any atom is 0.274 e. The van der Waals surface area contributed by atoms with Crippen LogP contribution in [-0.4, -0.2) is 65.5 Å². The second-order valence-corrected chi connectivity index (χ2v) is 11.7. The number of carbonyl (C=O) groups is 1. The summed E-state index contributed by atoms with van der Waals surface area (Å²) in [6.07, 6.45) is 2.48. The summed E-state index contributed by atoms with van der Waals surface area (Å²) in [6, 6.07) is 9.29. The standard InChI is InChI=1S/C25H30N4O4S/c1-16-7-10-28(11-8-16)25(30)24-23-22(14-21(27-24)18-5-4-6-20(13-18)33-3)29(17(2)26-23)19-9-12-34(31,32)15-19/h4-6,13-14,16,19H,7-12,15H2,1-3H3. The molecule has 0 spiro atoms. The largest absolute Gasteiger partial charge is 0.497 e. The number of ether oxygens (including phenoxy) is 1. The maximum absolute atomic E-state index is 13.7. The minimum atomic E-state index is -3.08. The summed E-state index contributed by atoms with van der Waals surface area (Å²) >= 11 is 0. The third kappa shape index (κ3) is 4.17. The van der Waals surface area contributed by atoms with Crippen molar-refractivity contribution in [3.05, 3.63) is 41.9 Å². The number of piperidine rings is 1. The molecule has 3 aromatic rings. The Morgan fingerprint density at radius 2 is 1.88 bits per heavy atom. The Morgan fingerprint density at radius 3 is 2.56 bits per heavy atom. The maximum atomic E-state index is 13.7. The Kier molecular flexibility index (Phi) is 5.83. The van der Waals surface area contributed by atoms with Gasteiger partial charge in [-0.2, -0.15) is 0 Å². The van der Waals surface area contributed by atoms with E-state index in [0.29, 0.717) is 53.9 Å². The molecule has 0 bridgehead atoms. The van der Waals surface area contributed by atoms with Crippen LogP contribution in [0.5, 0.6) is 5.75 Å². The zero-order chi connectivity index (χ0) is 24.0. The molecular weight excluding hydrogens is 452 g/mol. The van der Waals surface area contributed by atoms with Gasteiger partial charge in [0.25, 0.3) is 5.91 Å². The SMILES string of the molecule is COc1cccc(-c2cc3c(nc(C)n3C3CCS(=O)(=O)C3)c(C(=O)N3CCC(C)CC3)n2)c1. The van der Waals surface area contributed by atoms with Gasteiger partial charge in [-0.1, -0.05) is 19.1 Å². The van der Waals surface area contributed by atoms with Crippen LogP contribution < -0.4 is 4.74 Å². The second-order valence-electron chi connectivity index (χ2n) is 9.52. The van der Waals surface area contributed by atoms with Crippen molar-refractivity contribution >= 4 is 26.8 Å². The van der Waals surface area contributed by atoms with Crippen LogP contribution in [0, 0.1) is 12.8 Å². The Hall–Kier alpha value is -2.94. The monoisotopic (exact) mass is 482 g/mol. The highest BCUT2D eigenvalue weighted by Gasteiger charge is 2.33. The molecule has 2 fully saturated rings. The highest BCUT2D eigenvalue weighted by molar-refractivity contribution is 7.91. The van der Waals surface area contributed by atoms with Gasteiger partial charge in [0.05, 0.1) is 35.9 Å². The number of methoxy groups -OCH3 is 1. The first-order valence-electron chi connectivity index (χ1n) is 11.8. The average molecular weight is 483 g/mol. The van der Waals surface area contributed by atoms with Crippen LogP contribution >= 0.6 is 0 Å². The van der Waals surface area contributed by atoms with E-state index in [1.54, 1.807) is 7.11 Å². The molecule has 2 aliphatic heterocycles. The van der Waals surface area contributed by atoms with Gasteiger partial charge >= 0.3 is 0 Å². The summed E-state index contributed by atoms with van der Waals surface area (Å²) in [6.45, 7) is 5.48. The van der Waals surface area contributed by atoms with Gasteiger partial charge in [-0.05, 0) is 50.3 Å². The molecule has 8 nitrogen and oxygen atoms in total. The summed E-state index contributed by atoms with van der Waals surface area (Å²) in [5.74, 6) is 2.13. The van der Waals surface area contributed by atoms with E-state index in [4.69, 9.17) is 14.7 Å². The molecule has 0 N–H and O–H groups in total. The first kappa shape index (κ1) is 22.8. The number of rotatable bonds is 4. The molecule has 1 atom stereocenters. The van der Waals surface area contributed by atoms with Gasteiger partial charge < -0.3 is 14.2 Å². The van der Waals surface area contributed by atoms with E-state index in [0.717, 1.165) is 23.9 Å². The molecule has 9 heteroatoms. The van der Waals surface area contributed by atoms with Crippen LogP contribution in [0.3, 0.4) is 0 Å². The average Bonchev–Trinajstić information content (AvgIpc) is 3.35. The zero-order valence-electron chi connectivity index (χ0n) is 19.8. The van der Waals surface area contributed by atoms with E-state index in [9.17, 15) is 13.2 Å². The van der Waals surface area contributed by atoms with Crippen molar-refractivity contribution in [2.75, 3.05) is 31.7 Å². The van der Waals surface area contributed by atoms with E-state index < -0.39 is 9.84 Å². The number of imidazole rings is 1. The number of hydrogen-bond acceptors (Lipinski definition) is 6. The number of benzene rings is 1. The van der Waals surface area contributed by atoms with E-state index in [2.05, 4.69) is 6.92 Å². The molecule has 0 aliphatic carbocycles. The number of aryl methyl sites for hydroxylation is 1. The molecule has 1 amide bonds. The lowest BCUT2D eigenvalue weighted by molar-refractivity contribution is 0.0693. The number of hydrogen-bond donors (Lipinski definition) is 0. The van der Waals surface area contributed by atoms with Crippen LogP contribution in [0.4, 0.5) is 0 Å². The van der Waals surface area contributed by atoms with E-state index >= 15 is 0 Å². The van der Waals surface area contributed by atoms with Gasteiger partial charge in [0.15, 0.2) is 15.5 Å². The molecule has 2 aliphatic rings. The van der Waals surface area contributed by atoms with Crippen molar-refractivity contribution in [1.29, 1.82) is 0 Å². The predicted octanol–water partition coefficient (Wildman–Crippen LogP) is 3.65. The first-order chi connectivity index (χ1) is 16.3. The lowest BCUT2D eigenvalue weighted by atomic mass is 9.99. The van der Waals surface area contributed by atoms with Crippen molar-refractivity contribution < 1.29 is 17.9 Å². The van der Waals surface area contributed by atoms with Gasteiger partial charge in [0.1, 0.15) is 17.1 Å². The molecule has 180 valence electrons. The van der Waals surface area contributed by atoms with E-state index in [1.807, 2.05) is 46.7 Å². The predicted molar refractivity (Wildman–Crippen MR) is 131 cm³/mol. The number of aromatic nitrogens is 3.